The fourth-order valence-electron chi connectivity index (χ4n) is 1.43. The quantitative estimate of drug-likeness (QED) is 0.766. The molecular formula is C12H18F3NO6. The third-order valence-corrected chi connectivity index (χ3v) is 2.61. The van der Waals surface area contributed by atoms with Crippen molar-refractivity contribution in [3.8, 4) is 0 Å². The van der Waals surface area contributed by atoms with E-state index >= 15 is 0 Å². The Kier molecular flexibility index (Phi) is 5.47. The van der Waals surface area contributed by atoms with E-state index in [0.717, 1.165) is 0 Å². The highest BCUT2D eigenvalue weighted by molar-refractivity contribution is 6.00. The normalized spacial score (nSPS) is 13.0. The molecule has 0 saturated heterocycles. The van der Waals surface area contributed by atoms with Crippen LogP contribution in [0, 0.1) is 0 Å². The van der Waals surface area contributed by atoms with Gasteiger partial charge in [-0.3, -0.25) is 4.90 Å². The molecule has 1 amide bonds. The zero-order valence-corrected chi connectivity index (χ0v) is 12.7. The van der Waals surface area contributed by atoms with Gasteiger partial charge in [0.25, 0.3) is 0 Å². The van der Waals surface area contributed by atoms with E-state index in [9.17, 15) is 27.6 Å². The van der Waals surface area contributed by atoms with E-state index in [1.807, 2.05) is 0 Å². The van der Waals surface area contributed by atoms with Crippen LogP contribution in [0.25, 0.3) is 0 Å². The Morgan fingerprint density at radius 2 is 1.32 bits per heavy atom. The third-order valence-electron chi connectivity index (χ3n) is 2.61. The molecule has 0 unspecified atom stereocenters. The molecule has 0 rings (SSSR count). The Hall–Kier alpha value is -2.00. The van der Waals surface area contributed by atoms with E-state index < -0.39 is 41.4 Å². The number of halogens is 3. The van der Waals surface area contributed by atoms with Crippen molar-refractivity contribution in [2.75, 3.05) is 0 Å². The Balaban J connectivity index is 6.05. The number of amides is 1. The van der Waals surface area contributed by atoms with Crippen LogP contribution in [0.2, 0.25) is 0 Å². The van der Waals surface area contributed by atoms with Crippen LogP contribution in [0.5, 0.6) is 0 Å². The topological polar surface area (TPSA) is 104 Å². The number of aliphatic carboxylic acids is 2. The van der Waals surface area contributed by atoms with Gasteiger partial charge in [0.1, 0.15) is 11.1 Å². The van der Waals surface area contributed by atoms with Crippen molar-refractivity contribution in [2.45, 2.75) is 58.0 Å². The van der Waals surface area contributed by atoms with E-state index in [-0.39, 0.29) is 4.90 Å². The molecule has 0 heterocycles. The highest BCUT2D eigenvalue weighted by atomic mass is 19.4. The number of rotatable bonds is 4. The minimum Gasteiger partial charge on any atom is -0.479 e. The number of ether oxygens (including phenoxy) is 1. The van der Waals surface area contributed by atoms with Crippen LogP contribution in [-0.4, -0.2) is 56.5 Å². The summed E-state index contributed by atoms with van der Waals surface area (Å²) in [4.78, 5) is 33.7. The van der Waals surface area contributed by atoms with Gasteiger partial charge < -0.3 is 14.9 Å². The number of carboxylic acids is 2. The van der Waals surface area contributed by atoms with Crippen LogP contribution in [0.15, 0.2) is 0 Å². The number of alkyl halides is 3. The second kappa shape index (κ2) is 6.01. The molecule has 0 aromatic carbocycles. The maximum atomic E-state index is 13.1. The molecule has 0 aliphatic rings. The van der Waals surface area contributed by atoms with E-state index in [4.69, 9.17) is 14.9 Å². The molecular weight excluding hydrogens is 311 g/mol. The van der Waals surface area contributed by atoms with Crippen molar-refractivity contribution in [3.05, 3.63) is 0 Å². The molecule has 0 radical (unpaired) electrons. The molecule has 0 aliphatic heterocycles. The molecule has 2 N–H and O–H groups in total. The smallest absolute Gasteiger partial charge is 0.412 e. The van der Waals surface area contributed by atoms with Gasteiger partial charge in [-0.05, 0) is 34.6 Å². The summed E-state index contributed by atoms with van der Waals surface area (Å²) in [5.74, 6) is -4.23. The zero-order valence-electron chi connectivity index (χ0n) is 12.7. The lowest BCUT2D eigenvalue weighted by Crippen LogP contribution is -2.65. The van der Waals surface area contributed by atoms with Crippen molar-refractivity contribution in [1.29, 1.82) is 0 Å². The Labute approximate surface area is 124 Å². The monoisotopic (exact) mass is 329 g/mol. The lowest BCUT2D eigenvalue weighted by Gasteiger charge is -2.41. The third kappa shape index (κ3) is 4.50. The molecule has 10 heteroatoms. The minimum atomic E-state index is -5.08. The average Bonchev–Trinajstić information content (AvgIpc) is 2.19. The molecule has 22 heavy (non-hydrogen) atoms. The Morgan fingerprint density at radius 1 is 0.955 bits per heavy atom. The summed E-state index contributed by atoms with van der Waals surface area (Å²) < 4.78 is 44.1. The van der Waals surface area contributed by atoms with Gasteiger partial charge in [0.2, 0.25) is 6.04 Å². The summed E-state index contributed by atoms with van der Waals surface area (Å²) >= 11 is 0. The van der Waals surface area contributed by atoms with Crippen LogP contribution in [0.1, 0.15) is 34.6 Å². The van der Waals surface area contributed by atoms with Gasteiger partial charge in [-0.15, -0.1) is 0 Å². The first-order valence-corrected chi connectivity index (χ1v) is 6.07. The Bertz CT molecular complexity index is 452. The standard InChI is InChI=1S/C12H18F3NO6/c1-10(2,3)22-9(21)16(6(7(17)18)8(19)20)11(4,5)12(13,14)15/h6H,1-5H3,(H,17,18)(H,19,20). The fraction of sp³-hybridized carbons (Fsp3) is 0.750. The van der Waals surface area contributed by atoms with Crippen LogP contribution < -0.4 is 0 Å². The predicted octanol–water partition coefficient (Wildman–Crippen LogP) is 2.10. The zero-order chi connectivity index (χ0) is 18.1. The number of nitrogens with zero attached hydrogens (tertiary/aromatic N) is 1. The first kappa shape index (κ1) is 20.0. The number of hydrogen-bond acceptors (Lipinski definition) is 4. The van der Waals surface area contributed by atoms with Crippen LogP contribution >= 0.6 is 0 Å². The van der Waals surface area contributed by atoms with Gasteiger partial charge in [-0.1, -0.05) is 0 Å². The highest BCUT2D eigenvalue weighted by Gasteiger charge is 2.59. The van der Waals surface area contributed by atoms with Gasteiger partial charge in [0.05, 0.1) is 0 Å². The van der Waals surface area contributed by atoms with E-state index in [1.54, 1.807) is 0 Å². The van der Waals surface area contributed by atoms with Crippen molar-refractivity contribution < 1.29 is 42.5 Å². The second-order valence-corrected chi connectivity index (χ2v) is 5.99. The molecule has 0 aromatic rings. The number of carboxylic acid groups (broad SMARTS) is 2. The molecule has 0 aromatic heterocycles. The lowest BCUT2D eigenvalue weighted by atomic mass is 9.99. The van der Waals surface area contributed by atoms with Crippen molar-refractivity contribution in [1.82, 2.24) is 4.90 Å². The number of hydrogen-bond donors (Lipinski definition) is 2. The van der Waals surface area contributed by atoms with E-state index in [1.165, 1.54) is 20.8 Å². The van der Waals surface area contributed by atoms with Gasteiger partial charge >= 0.3 is 24.2 Å². The van der Waals surface area contributed by atoms with Crippen LogP contribution in [0.4, 0.5) is 18.0 Å². The van der Waals surface area contributed by atoms with Gasteiger partial charge in [-0.25, -0.2) is 14.4 Å². The lowest BCUT2D eigenvalue weighted by molar-refractivity contribution is -0.223. The molecule has 0 fully saturated rings. The van der Waals surface area contributed by atoms with E-state index in [0.29, 0.717) is 13.8 Å². The molecule has 0 aliphatic carbocycles. The summed E-state index contributed by atoms with van der Waals surface area (Å²) in [6.45, 7) is 5.03. The average molecular weight is 329 g/mol. The summed E-state index contributed by atoms with van der Waals surface area (Å²) in [6.07, 6.45) is -6.77. The molecule has 7 nitrogen and oxygen atoms in total. The maximum Gasteiger partial charge on any atom is 0.412 e. The SMILES string of the molecule is CC(C)(C)OC(=O)N(C(C(=O)O)C(=O)O)C(C)(C)C(F)(F)F. The van der Waals surface area contributed by atoms with Crippen LogP contribution in [-0.2, 0) is 14.3 Å². The molecule has 0 bridgehead atoms. The summed E-state index contributed by atoms with van der Waals surface area (Å²) in [5.41, 5.74) is -4.31. The van der Waals surface area contributed by atoms with Crippen molar-refractivity contribution >= 4 is 18.0 Å². The molecule has 0 saturated carbocycles. The fourth-order valence-corrected chi connectivity index (χ4v) is 1.43. The van der Waals surface area contributed by atoms with Gasteiger partial charge in [0, 0.05) is 0 Å². The van der Waals surface area contributed by atoms with Crippen molar-refractivity contribution in [3.63, 3.8) is 0 Å². The summed E-state index contributed by atoms with van der Waals surface area (Å²) in [6, 6.07) is -2.74. The molecule has 0 atom stereocenters. The minimum absolute atomic E-state index is 0.330. The maximum absolute atomic E-state index is 13.1. The van der Waals surface area contributed by atoms with Crippen molar-refractivity contribution in [2.24, 2.45) is 0 Å². The number of carbonyl (C=O) groups excluding carboxylic acids is 1. The van der Waals surface area contributed by atoms with Gasteiger partial charge in [-0.2, -0.15) is 13.2 Å². The predicted molar refractivity (Wildman–Crippen MR) is 67.3 cm³/mol. The first-order valence-electron chi connectivity index (χ1n) is 6.07. The summed E-state index contributed by atoms with van der Waals surface area (Å²) in [7, 11) is 0. The summed E-state index contributed by atoms with van der Waals surface area (Å²) in [5, 5.41) is 17.8. The van der Waals surface area contributed by atoms with E-state index in [2.05, 4.69) is 0 Å². The first-order chi connectivity index (χ1) is 9.52. The van der Waals surface area contributed by atoms with Gasteiger partial charge in [0.15, 0.2) is 0 Å². The Morgan fingerprint density at radius 3 is 1.55 bits per heavy atom. The highest BCUT2D eigenvalue weighted by Crippen LogP contribution is 2.37. The number of carbonyl (C=O) groups is 3. The second-order valence-electron chi connectivity index (χ2n) is 5.99. The van der Waals surface area contributed by atoms with Crippen LogP contribution in [0.3, 0.4) is 0 Å². The molecule has 0 spiro atoms. The largest absolute Gasteiger partial charge is 0.479 e. The molecule has 128 valence electrons.